The van der Waals surface area contributed by atoms with Gasteiger partial charge in [-0.15, -0.1) is 0 Å². The van der Waals surface area contributed by atoms with Gasteiger partial charge in [-0.25, -0.2) is 0 Å². The first-order chi connectivity index (χ1) is 49.4. The molecule has 0 radical (unpaired) electrons. The van der Waals surface area contributed by atoms with Gasteiger partial charge in [0.15, 0.2) is 37.7 Å². The Hall–Kier alpha value is -2.11. The average Bonchev–Trinajstić information content (AvgIpc) is 0.739. The highest BCUT2D eigenvalue weighted by atomic mass is 16.8. The fourth-order valence-electron chi connectivity index (χ4n) is 20.3. The molecule has 0 spiro atoms. The number of carbonyl (C=O) groups excluding carboxylic acids is 1. The van der Waals surface area contributed by atoms with Crippen LogP contribution < -0.4 is 0 Å². The maximum atomic E-state index is 15.5. The second-order valence-corrected chi connectivity index (χ2v) is 33.8. The van der Waals surface area contributed by atoms with E-state index in [9.17, 15) is 102 Å². The normalized spacial score (nSPS) is 53.7. The molecule has 11 fully saturated rings. The van der Waals surface area contributed by atoms with E-state index in [2.05, 4.69) is 54.5 Å². The third kappa shape index (κ3) is 14.5. The third-order valence-corrected chi connectivity index (χ3v) is 26.9. The topological polar surface area (TPSA) is 551 Å². The van der Waals surface area contributed by atoms with Crippen molar-refractivity contribution < 1.29 is 173 Å². The molecule has 0 bridgehead atoms. The number of rotatable bonds is 19. The minimum absolute atomic E-state index is 0.0228. The Kier molecular flexibility index (Phi) is 24.6. The van der Waals surface area contributed by atoms with Crippen molar-refractivity contribution in [3.63, 3.8) is 0 Å². The minimum Gasteiger partial charge on any atom is -0.432 e. The number of allylic oxidation sites excluding steroid dienone is 2. The van der Waals surface area contributed by atoms with Crippen molar-refractivity contribution in [2.45, 2.75) is 328 Å². The first kappa shape index (κ1) is 82.4. The van der Waals surface area contributed by atoms with E-state index < -0.39 is 271 Å². The monoisotopic (exact) mass is 1510 g/mol. The van der Waals surface area contributed by atoms with Crippen LogP contribution in [0.4, 0.5) is 0 Å². The zero-order valence-corrected chi connectivity index (χ0v) is 60.3. The summed E-state index contributed by atoms with van der Waals surface area (Å²) in [5.74, 6) is -0.980. The Morgan fingerprint density at radius 1 is 0.486 bits per heavy atom. The first-order valence-corrected chi connectivity index (χ1v) is 37.0. The summed E-state index contributed by atoms with van der Waals surface area (Å²) in [6.45, 7) is 12.6. The molecule has 604 valence electrons. The second-order valence-electron chi connectivity index (χ2n) is 33.8. The van der Waals surface area contributed by atoms with Gasteiger partial charge in [-0.05, 0) is 116 Å². The van der Waals surface area contributed by atoms with Gasteiger partial charge in [-0.3, -0.25) is 4.79 Å². The van der Waals surface area contributed by atoms with Crippen LogP contribution in [-0.4, -0.2) is 357 Å². The molecule has 7 saturated heterocycles. The summed E-state index contributed by atoms with van der Waals surface area (Å²) >= 11 is 0. The molecule has 41 atom stereocenters. The summed E-state index contributed by atoms with van der Waals surface area (Å²) in [5.41, 5.74) is -2.11. The van der Waals surface area contributed by atoms with Crippen LogP contribution in [0.2, 0.25) is 0 Å². The predicted octanol–water partition coefficient (Wildman–Crippen LogP) is -6.26. The van der Waals surface area contributed by atoms with E-state index in [1.54, 1.807) is 0 Å². The minimum atomic E-state index is -2.03. The van der Waals surface area contributed by atoms with Crippen LogP contribution >= 0.6 is 0 Å². The molecule has 7 heterocycles. The van der Waals surface area contributed by atoms with Gasteiger partial charge < -0.3 is 168 Å². The number of carbonyl (C=O) groups is 1. The van der Waals surface area contributed by atoms with Crippen LogP contribution in [0.25, 0.3) is 0 Å². The predicted molar refractivity (Wildman–Crippen MR) is 347 cm³/mol. The molecule has 35 heteroatoms. The standard InChI is InChI=1S/C70H114O35/c1-26-38(77)42(81)47(86)58(94-26)98-34-25-93-62(56(104-57-46(85)39(78)30(76)24-92-57)54(34)102-59-48(87)43(82)40(79)31(21-72)95-59)99-37-12-13-67(6)35(66(37,4)5)11-14-69(8)36(67)10-9-27-28-19-65(2,3)15-17-70(28,18-16-68(27,69)7)64(91)105-61-50(89)45(84)53(33(23-74)97-61)101-63-55(51(90)52(100-63)29(75)20-71)103-60-49(88)44(83)41(80)32(22-73)96-60/h9,26,28-63,71-90H,10-25H2,1-8H3/t26-,28?,29?,30-,31+,32+,33+,34-,35?,36?,37?,38-,39+,40+,41+,42+,43-,44-,45+,46-,47-,48?,49+,50+,51-,52+,53+,54+,55+,56-,57+,58+,59+,60-,61-,62+,63-,67+,68-,69-,70?/m1/s1. The molecule has 12 aliphatic rings. The van der Waals surface area contributed by atoms with E-state index in [1.165, 1.54) is 6.92 Å². The van der Waals surface area contributed by atoms with Crippen LogP contribution in [-0.2, 0) is 71.1 Å². The van der Waals surface area contributed by atoms with Crippen molar-refractivity contribution in [1.29, 1.82) is 0 Å². The molecule has 7 unspecified atom stereocenters. The lowest BCUT2D eigenvalue weighted by Crippen LogP contribution is -2.67. The number of fused-ring (bicyclic) bond motifs is 7. The summed E-state index contributed by atoms with van der Waals surface area (Å²) in [4.78, 5) is 15.5. The Morgan fingerprint density at radius 3 is 1.65 bits per heavy atom. The summed E-state index contributed by atoms with van der Waals surface area (Å²) in [6.07, 6.45) is -49.7. The zero-order valence-electron chi connectivity index (χ0n) is 60.3. The molecule has 0 aromatic carbocycles. The van der Waals surface area contributed by atoms with Gasteiger partial charge in [0.2, 0.25) is 6.29 Å². The lowest BCUT2D eigenvalue weighted by Gasteiger charge is -2.71. The number of aliphatic hydroxyl groups is 20. The van der Waals surface area contributed by atoms with E-state index >= 15 is 4.79 Å². The van der Waals surface area contributed by atoms with Crippen molar-refractivity contribution in [2.24, 2.45) is 50.2 Å². The molecule has 4 saturated carbocycles. The highest BCUT2D eigenvalue weighted by Gasteiger charge is 2.71. The van der Waals surface area contributed by atoms with Crippen LogP contribution in [0.3, 0.4) is 0 Å². The van der Waals surface area contributed by atoms with Gasteiger partial charge >= 0.3 is 5.97 Å². The number of esters is 1. The van der Waals surface area contributed by atoms with Crippen LogP contribution in [0, 0.1) is 50.2 Å². The molecule has 35 nitrogen and oxygen atoms in total. The molecule has 20 N–H and O–H groups in total. The number of aliphatic hydroxyl groups excluding tert-OH is 20. The van der Waals surface area contributed by atoms with E-state index in [1.807, 2.05) is 0 Å². The lowest BCUT2D eigenvalue weighted by molar-refractivity contribution is -0.398. The van der Waals surface area contributed by atoms with Crippen LogP contribution in [0.15, 0.2) is 11.6 Å². The highest BCUT2D eigenvalue weighted by molar-refractivity contribution is 5.79. The Labute approximate surface area is 607 Å². The van der Waals surface area contributed by atoms with Gasteiger partial charge in [0.05, 0.1) is 57.3 Å². The molecule has 5 aliphatic carbocycles. The summed E-state index contributed by atoms with van der Waals surface area (Å²) in [7, 11) is 0. The Bertz CT molecular complexity index is 2970. The van der Waals surface area contributed by atoms with E-state index in [4.69, 9.17) is 66.3 Å². The third-order valence-electron chi connectivity index (χ3n) is 26.9. The fourth-order valence-corrected chi connectivity index (χ4v) is 20.3. The Balaban J connectivity index is 0.778. The highest BCUT2D eigenvalue weighted by Crippen LogP contribution is 2.76. The molecular formula is C70H114O35. The summed E-state index contributed by atoms with van der Waals surface area (Å²) in [5, 5.41) is 217. The van der Waals surface area contributed by atoms with Gasteiger partial charge in [0, 0.05) is 0 Å². The van der Waals surface area contributed by atoms with E-state index in [0.717, 1.165) is 18.4 Å². The fraction of sp³-hybridized carbons (Fsp3) is 0.957. The van der Waals surface area contributed by atoms with Gasteiger partial charge in [0.25, 0.3) is 0 Å². The molecule has 12 rings (SSSR count). The maximum absolute atomic E-state index is 15.5. The van der Waals surface area contributed by atoms with Crippen LogP contribution in [0.5, 0.6) is 0 Å². The molecule has 7 aliphatic heterocycles. The van der Waals surface area contributed by atoms with Crippen molar-refractivity contribution in [3.8, 4) is 0 Å². The first-order valence-electron chi connectivity index (χ1n) is 37.0. The number of hydrogen-bond acceptors (Lipinski definition) is 35. The van der Waals surface area contributed by atoms with Gasteiger partial charge in [0.1, 0.15) is 153 Å². The van der Waals surface area contributed by atoms with Crippen molar-refractivity contribution in [2.75, 3.05) is 39.6 Å². The summed E-state index contributed by atoms with van der Waals surface area (Å²) < 4.78 is 86.0. The average molecular weight is 1520 g/mol. The number of hydrogen-bond donors (Lipinski definition) is 20. The molecule has 105 heavy (non-hydrogen) atoms. The SMILES string of the molecule is C[C@H]1O[C@@H](O[C@@H]2CO[C@@H](OC3CC[C@@]4(C)C(CC[C@]5(C)C4CC=C4C6CC(C)(C)CCC6(C(=O)O[C@H]6O[C@@H](CO)[C@H](O[C@H]7O[C@@H](C(O)CO)[C@@H](O)[C@@H]7O[C@H]7O[C@@H](CO)[C@H](O)[C@@H](O)[C@@H]7O)[C@@H](O)[C@@H]6O)CC[C@]45C)C3(C)C)[C@H](O[C@@H]3OC[C@@H](O)[C@H](O)[C@H]3O)[C@H]2O[C@@H]2O[C@@H](CO)[C@H](O)[C@@H](O)C2O)[C@H](O)[C@@H](O)[C@@H]1O. The van der Waals surface area contributed by atoms with E-state index in [0.29, 0.717) is 51.4 Å². The largest absolute Gasteiger partial charge is 0.432 e. The van der Waals surface area contributed by atoms with Gasteiger partial charge in [-0.1, -0.05) is 60.1 Å². The van der Waals surface area contributed by atoms with Crippen molar-refractivity contribution >= 4 is 5.97 Å². The Morgan fingerprint density at radius 2 is 1.03 bits per heavy atom. The van der Waals surface area contributed by atoms with Crippen molar-refractivity contribution in [3.05, 3.63) is 11.6 Å². The summed E-state index contributed by atoms with van der Waals surface area (Å²) in [6, 6.07) is 0. The molecule has 0 aromatic rings. The molecule has 0 amide bonds. The van der Waals surface area contributed by atoms with E-state index in [-0.39, 0.29) is 34.0 Å². The lowest BCUT2D eigenvalue weighted by atomic mass is 9.33. The smallest absolute Gasteiger partial charge is 0.315 e. The van der Waals surface area contributed by atoms with Crippen LogP contribution in [0.1, 0.15) is 120 Å². The number of ether oxygens (including phenoxy) is 14. The maximum Gasteiger partial charge on any atom is 0.315 e. The molecular weight excluding hydrogens is 1400 g/mol. The molecule has 0 aromatic heterocycles. The van der Waals surface area contributed by atoms with Gasteiger partial charge in [-0.2, -0.15) is 0 Å². The zero-order chi connectivity index (χ0) is 76.4. The quantitative estimate of drug-likeness (QED) is 0.0325. The van der Waals surface area contributed by atoms with Crippen molar-refractivity contribution in [1.82, 2.24) is 0 Å². The second kappa shape index (κ2) is 31.3.